The number of benzene rings is 1. The summed E-state index contributed by atoms with van der Waals surface area (Å²) in [6, 6.07) is 6.72. The number of aromatic hydroxyl groups is 1. The normalized spacial score (nSPS) is 17.9. The maximum absolute atomic E-state index is 11.8. The number of carbonyl (C=O) groups is 1. The lowest BCUT2D eigenvalue weighted by Crippen LogP contribution is -2.38. The van der Waals surface area contributed by atoms with Crippen LogP contribution >= 0.6 is 0 Å². The third-order valence-corrected chi connectivity index (χ3v) is 3.70. The van der Waals surface area contributed by atoms with Crippen LogP contribution in [0.4, 0.5) is 0 Å². The maximum Gasteiger partial charge on any atom is 0.223 e. The van der Waals surface area contributed by atoms with Crippen molar-refractivity contribution >= 4 is 5.91 Å². The number of carbonyl (C=O) groups excluding carboxylic acids is 1. The van der Waals surface area contributed by atoms with Crippen molar-refractivity contribution in [1.82, 2.24) is 5.32 Å². The molecule has 104 valence electrons. The quantitative estimate of drug-likeness (QED) is 0.779. The number of phenols is 1. The molecule has 1 aromatic rings. The van der Waals surface area contributed by atoms with Crippen LogP contribution in [-0.4, -0.2) is 21.7 Å². The highest BCUT2D eigenvalue weighted by Gasteiger charge is 2.31. The van der Waals surface area contributed by atoms with Crippen LogP contribution < -0.4 is 5.32 Å². The number of hydrogen-bond donors (Lipinski definition) is 3. The second kappa shape index (κ2) is 6.06. The number of hydrogen-bond acceptors (Lipinski definition) is 3. The van der Waals surface area contributed by atoms with E-state index in [2.05, 4.69) is 5.32 Å². The van der Waals surface area contributed by atoms with Crippen molar-refractivity contribution in [2.75, 3.05) is 0 Å². The Hall–Kier alpha value is -1.55. The van der Waals surface area contributed by atoms with E-state index in [4.69, 9.17) is 5.11 Å². The van der Waals surface area contributed by atoms with Crippen molar-refractivity contribution in [2.24, 2.45) is 0 Å². The Balaban J connectivity index is 1.79. The molecule has 1 aliphatic rings. The van der Waals surface area contributed by atoms with Gasteiger partial charge >= 0.3 is 0 Å². The monoisotopic (exact) mass is 263 g/mol. The third-order valence-electron chi connectivity index (χ3n) is 3.70. The zero-order valence-electron chi connectivity index (χ0n) is 11.1. The van der Waals surface area contributed by atoms with Crippen molar-refractivity contribution in [2.45, 2.75) is 50.7 Å². The summed E-state index contributed by atoms with van der Waals surface area (Å²) in [4.78, 5) is 11.8. The zero-order valence-corrected chi connectivity index (χ0v) is 11.1. The van der Waals surface area contributed by atoms with Gasteiger partial charge in [0.1, 0.15) is 5.75 Å². The van der Waals surface area contributed by atoms with Crippen LogP contribution in [0.2, 0.25) is 0 Å². The van der Waals surface area contributed by atoms with Crippen molar-refractivity contribution in [3.05, 3.63) is 29.8 Å². The van der Waals surface area contributed by atoms with Gasteiger partial charge < -0.3 is 15.5 Å². The van der Waals surface area contributed by atoms with Crippen molar-refractivity contribution in [3.63, 3.8) is 0 Å². The van der Waals surface area contributed by atoms with Gasteiger partial charge in [-0.25, -0.2) is 0 Å². The van der Waals surface area contributed by atoms with Crippen LogP contribution in [-0.2, 0) is 11.3 Å². The minimum Gasteiger partial charge on any atom is -0.508 e. The molecule has 0 unspecified atom stereocenters. The van der Waals surface area contributed by atoms with Gasteiger partial charge in [0, 0.05) is 6.54 Å². The van der Waals surface area contributed by atoms with Crippen LogP contribution in [0.15, 0.2) is 24.3 Å². The minimum absolute atomic E-state index is 0.113. The molecule has 0 aromatic heterocycles. The second-order valence-electron chi connectivity index (χ2n) is 5.40. The Labute approximate surface area is 113 Å². The van der Waals surface area contributed by atoms with Crippen molar-refractivity contribution in [1.29, 1.82) is 0 Å². The molecule has 1 aromatic carbocycles. The first kappa shape index (κ1) is 13.9. The van der Waals surface area contributed by atoms with Gasteiger partial charge in [-0.2, -0.15) is 0 Å². The first-order chi connectivity index (χ1) is 9.07. The first-order valence-electron chi connectivity index (χ1n) is 6.84. The van der Waals surface area contributed by atoms with Crippen LogP contribution in [0.5, 0.6) is 5.75 Å². The van der Waals surface area contributed by atoms with E-state index in [0.29, 0.717) is 6.54 Å². The van der Waals surface area contributed by atoms with E-state index in [-0.39, 0.29) is 18.1 Å². The number of nitrogens with one attached hydrogen (secondary N) is 1. The minimum atomic E-state index is -0.808. The van der Waals surface area contributed by atoms with E-state index in [9.17, 15) is 9.90 Å². The summed E-state index contributed by atoms with van der Waals surface area (Å²) in [5.74, 6) is 0.101. The van der Waals surface area contributed by atoms with Crippen molar-refractivity contribution < 1.29 is 15.0 Å². The Bertz CT molecular complexity index is 422. The molecule has 0 spiro atoms. The lowest BCUT2D eigenvalue weighted by Gasteiger charge is -2.31. The smallest absolute Gasteiger partial charge is 0.223 e. The molecule has 4 nitrogen and oxygen atoms in total. The van der Waals surface area contributed by atoms with E-state index in [0.717, 1.165) is 37.7 Å². The van der Waals surface area contributed by atoms with Crippen LogP contribution in [0.25, 0.3) is 0 Å². The number of phenolic OH excluding ortho intramolecular Hbond substituents is 1. The summed E-state index contributed by atoms with van der Waals surface area (Å²) in [5.41, 5.74) is 0.124. The van der Waals surface area contributed by atoms with E-state index in [1.165, 1.54) is 0 Å². The molecule has 4 heteroatoms. The predicted octanol–water partition coefficient (Wildman–Crippen LogP) is 2.09. The largest absolute Gasteiger partial charge is 0.508 e. The fraction of sp³-hybridized carbons (Fsp3) is 0.533. The molecule has 19 heavy (non-hydrogen) atoms. The Morgan fingerprint density at radius 1 is 1.16 bits per heavy atom. The average Bonchev–Trinajstić information content (AvgIpc) is 2.38. The molecule has 1 fully saturated rings. The zero-order chi connectivity index (χ0) is 13.7. The highest BCUT2D eigenvalue weighted by Crippen LogP contribution is 2.30. The van der Waals surface area contributed by atoms with Crippen LogP contribution in [0, 0.1) is 0 Å². The highest BCUT2D eigenvalue weighted by atomic mass is 16.3. The van der Waals surface area contributed by atoms with E-state index < -0.39 is 5.60 Å². The molecule has 0 radical (unpaired) electrons. The first-order valence-corrected chi connectivity index (χ1v) is 6.84. The van der Waals surface area contributed by atoms with Gasteiger partial charge in [0.15, 0.2) is 0 Å². The summed E-state index contributed by atoms with van der Waals surface area (Å²) < 4.78 is 0. The Morgan fingerprint density at radius 2 is 1.79 bits per heavy atom. The van der Waals surface area contributed by atoms with Crippen LogP contribution in [0.3, 0.4) is 0 Å². The molecule has 0 aliphatic heterocycles. The molecule has 1 saturated carbocycles. The average molecular weight is 263 g/mol. The van der Waals surface area contributed by atoms with Gasteiger partial charge in [-0.05, 0) is 30.5 Å². The summed E-state index contributed by atoms with van der Waals surface area (Å²) in [6.45, 7) is 0.426. The molecule has 0 atom stereocenters. The molecule has 2 rings (SSSR count). The lowest BCUT2D eigenvalue weighted by atomic mass is 9.82. The third kappa shape index (κ3) is 4.24. The summed E-state index contributed by atoms with van der Waals surface area (Å²) in [5, 5.41) is 22.3. The van der Waals surface area contributed by atoms with E-state index >= 15 is 0 Å². The number of rotatable bonds is 4. The molecule has 1 amide bonds. The molecule has 1 aliphatic carbocycles. The summed E-state index contributed by atoms with van der Waals surface area (Å²) in [6.07, 6.45) is 4.78. The Morgan fingerprint density at radius 3 is 2.42 bits per heavy atom. The standard InChI is InChI=1S/C15H21NO3/c17-13-6-4-12(5-7-13)11-16-14(18)10-15(19)8-2-1-3-9-15/h4-7,17,19H,1-3,8-11H2,(H,16,18). The summed E-state index contributed by atoms with van der Waals surface area (Å²) >= 11 is 0. The number of amides is 1. The van der Waals surface area contributed by atoms with Gasteiger partial charge in [-0.3, -0.25) is 4.79 Å². The lowest BCUT2D eigenvalue weighted by molar-refractivity contribution is -0.127. The SMILES string of the molecule is O=C(CC1(O)CCCCC1)NCc1ccc(O)cc1. The molecule has 0 saturated heterocycles. The fourth-order valence-corrected chi connectivity index (χ4v) is 2.56. The fourth-order valence-electron chi connectivity index (χ4n) is 2.56. The molecule has 0 bridgehead atoms. The van der Waals surface area contributed by atoms with Gasteiger partial charge in [0.25, 0.3) is 0 Å². The number of aliphatic hydroxyl groups is 1. The molecular formula is C15H21NO3. The van der Waals surface area contributed by atoms with Gasteiger partial charge in [-0.15, -0.1) is 0 Å². The highest BCUT2D eigenvalue weighted by molar-refractivity contribution is 5.77. The predicted molar refractivity (Wildman–Crippen MR) is 72.6 cm³/mol. The molecule has 3 N–H and O–H groups in total. The van der Waals surface area contributed by atoms with Gasteiger partial charge in [0.2, 0.25) is 5.91 Å². The van der Waals surface area contributed by atoms with Crippen molar-refractivity contribution in [3.8, 4) is 5.75 Å². The molecule has 0 heterocycles. The van der Waals surface area contributed by atoms with Gasteiger partial charge in [-0.1, -0.05) is 31.4 Å². The van der Waals surface area contributed by atoms with E-state index in [1.807, 2.05) is 0 Å². The van der Waals surface area contributed by atoms with Crippen LogP contribution in [0.1, 0.15) is 44.1 Å². The summed E-state index contributed by atoms with van der Waals surface area (Å²) in [7, 11) is 0. The Kier molecular flexibility index (Phi) is 4.43. The maximum atomic E-state index is 11.8. The topological polar surface area (TPSA) is 69.6 Å². The second-order valence-corrected chi connectivity index (χ2v) is 5.40. The van der Waals surface area contributed by atoms with E-state index in [1.54, 1.807) is 24.3 Å². The molecular weight excluding hydrogens is 242 g/mol. The van der Waals surface area contributed by atoms with Gasteiger partial charge in [0.05, 0.1) is 12.0 Å².